The lowest BCUT2D eigenvalue weighted by atomic mass is 9.84. The van der Waals surface area contributed by atoms with Gasteiger partial charge in [-0.1, -0.05) is 12.1 Å². The lowest BCUT2D eigenvalue weighted by Gasteiger charge is -2.32. The van der Waals surface area contributed by atoms with Crippen molar-refractivity contribution in [1.29, 1.82) is 0 Å². The number of rotatable bonds is 2. The molecule has 0 radical (unpaired) electrons. The molecular formula is C20H19N4O7-. The van der Waals surface area contributed by atoms with Gasteiger partial charge in [-0.15, -0.1) is 0 Å². The Labute approximate surface area is 174 Å². The number of fused-ring (bicyclic) bond motifs is 2. The fraction of sp³-hybridized carbons (Fsp3) is 0.300. The van der Waals surface area contributed by atoms with E-state index in [1.54, 1.807) is 18.2 Å². The molecule has 0 spiro atoms. The molecule has 2 aromatic heterocycles. The summed E-state index contributed by atoms with van der Waals surface area (Å²) in [6.45, 7) is 0. The van der Waals surface area contributed by atoms with Crippen LogP contribution in [0.5, 0.6) is 23.3 Å². The lowest BCUT2D eigenvalue weighted by molar-refractivity contribution is -0.281. The van der Waals surface area contributed by atoms with Crippen LogP contribution < -0.4 is 37.1 Å². The molecule has 0 amide bonds. The van der Waals surface area contributed by atoms with Crippen molar-refractivity contribution in [3.05, 3.63) is 76.6 Å². The summed E-state index contributed by atoms with van der Waals surface area (Å²) in [6, 6.07) is 4.83. The van der Waals surface area contributed by atoms with E-state index in [0.29, 0.717) is 5.56 Å². The third kappa shape index (κ3) is 2.59. The highest BCUT2D eigenvalue weighted by atomic mass is 16.5. The second-order valence-electron chi connectivity index (χ2n) is 7.26. The first-order valence-corrected chi connectivity index (χ1v) is 9.23. The minimum atomic E-state index is -1.18. The van der Waals surface area contributed by atoms with Crippen LogP contribution in [-0.4, -0.2) is 25.4 Å². The van der Waals surface area contributed by atoms with Crippen molar-refractivity contribution in [3.63, 3.8) is 0 Å². The Kier molecular flexibility index (Phi) is 4.42. The van der Waals surface area contributed by atoms with E-state index < -0.39 is 34.3 Å². The molecule has 162 valence electrons. The van der Waals surface area contributed by atoms with Crippen molar-refractivity contribution in [2.75, 3.05) is 7.11 Å². The summed E-state index contributed by atoms with van der Waals surface area (Å²) in [7, 11) is 6.62. The van der Waals surface area contributed by atoms with Crippen molar-refractivity contribution in [2.45, 2.75) is 5.92 Å². The molecule has 0 saturated carbocycles. The highest BCUT2D eigenvalue weighted by Gasteiger charge is 2.38. The van der Waals surface area contributed by atoms with Gasteiger partial charge in [-0.3, -0.25) is 23.3 Å². The molecule has 0 N–H and O–H groups in total. The van der Waals surface area contributed by atoms with E-state index in [-0.39, 0.29) is 28.5 Å². The van der Waals surface area contributed by atoms with Crippen LogP contribution in [0.25, 0.3) is 0 Å². The third-order valence-corrected chi connectivity index (χ3v) is 5.60. The largest absolute Gasteiger partial charge is 0.860 e. The second-order valence-corrected chi connectivity index (χ2v) is 7.26. The first-order chi connectivity index (χ1) is 14.6. The van der Waals surface area contributed by atoms with Crippen LogP contribution in [0, 0.1) is 0 Å². The first-order valence-electron chi connectivity index (χ1n) is 9.23. The van der Waals surface area contributed by atoms with Crippen molar-refractivity contribution in [3.8, 4) is 23.3 Å². The Hall–Kier alpha value is -4.02. The summed E-state index contributed by atoms with van der Waals surface area (Å²) < 4.78 is 14.9. The fourth-order valence-corrected chi connectivity index (χ4v) is 3.90. The van der Waals surface area contributed by atoms with Gasteiger partial charge in [0.2, 0.25) is 5.88 Å². The molecule has 4 rings (SSSR count). The SMILES string of the molecule is COc1cccc2c1Oc1c(c(=O)n(C)c(=O)n1C)C2c1c([O-])n(C)c(=O)n(C)c1=O. The number of methoxy groups -OCH3 is 1. The van der Waals surface area contributed by atoms with E-state index in [1.807, 2.05) is 0 Å². The number of ether oxygens (including phenoxy) is 2. The highest BCUT2D eigenvalue weighted by molar-refractivity contribution is 5.61. The van der Waals surface area contributed by atoms with Crippen LogP contribution in [0.1, 0.15) is 22.6 Å². The zero-order valence-electron chi connectivity index (χ0n) is 17.5. The van der Waals surface area contributed by atoms with Gasteiger partial charge >= 0.3 is 11.4 Å². The molecule has 1 aliphatic heterocycles. The quantitative estimate of drug-likeness (QED) is 0.395. The minimum absolute atomic E-state index is 0.0572. The van der Waals surface area contributed by atoms with Crippen molar-refractivity contribution >= 4 is 0 Å². The Morgan fingerprint density at radius 2 is 1.45 bits per heavy atom. The molecule has 1 aliphatic rings. The average Bonchev–Trinajstić information content (AvgIpc) is 2.77. The monoisotopic (exact) mass is 427 g/mol. The van der Waals surface area contributed by atoms with Crippen LogP contribution in [0.15, 0.2) is 37.4 Å². The first kappa shape index (κ1) is 20.3. The molecular weight excluding hydrogens is 408 g/mol. The smallest absolute Gasteiger partial charge is 0.333 e. The molecule has 0 saturated heterocycles. The lowest BCUT2D eigenvalue weighted by Crippen LogP contribution is -2.45. The Morgan fingerprint density at radius 3 is 2.06 bits per heavy atom. The zero-order chi connectivity index (χ0) is 22.8. The molecule has 1 unspecified atom stereocenters. The molecule has 1 aromatic carbocycles. The van der Waals surface area contributed by atoms with E-state index in [4.69, 9.17) is 9.47 Å². The maximum Gasteiger partial charge on any atom is 0.333 e. The summed E-state index contributed by atoms with van der Waals surface area (Å²) in [5.41, 5.74) is -3.02. The number of para-hydroxylation sites is 1. The van der Waals surface area contributed by atoms with Crippen LogP contribution in [0.2, 0.25) is 0 Å². The van der Waals surface area contributed by atoms with Crippen molar-refractivity contribution < 1.29 is 14.6 Å². The fourth-order valence-electron chi connectivity index (χ4n) is 3.90. The summed E-state index contributed by atoms with van der Waals surface area (Å²) in [4.78, 5) is 51.0. The van der Waals surface area contributed by atoms with E-state index in [1.165, 1.54) is 35.3 Å². The van der Waals surface area contributed by atoms with Gasteiger partial charge in [0.15, 0.2) is 11.5 Å². The second kappa shape index (κ2) is 6.76. The number of benzene rings is 1. The summed E-state index contributed by atoms with van der Waals surface area (Å²) in [5, 5.41) is 13.1. The van der Waals surface area contributed by atoms with Crippen LogP contribution in [0.4, 0.5) is 0 Å². The summed E-state index contributed by atoms with van der Waals surface area (Å²) in [5.74, 6) is -1.67. The number of aromatic nitrogens is 4. The van der Waals surface area contributed by atoms with E-state index in [0.717, 1.165) is 18.3 Å². The van der Waals surface area contributed by atoms with Gasteiger partial charge in [-0.25, -0.2) is 9.59 Å². The standard InChI is InChI=1S/C20H20N4O7/c1-21-15(25)12(16(26)22(2)19(21)28)11-9-7-6-8-10(30-5)14(9)31-18-13(11)17(27)23(3)20(29)24(18)4/h6-8,11,25H,1-5H3/p-1. The predicted octanol–water partition coefficient (Wildman–Crippen LogP) is -1.15. The molecule has 11 nitrogen and oxygen atoms in total. The van der Waals surface area contributed by atoms with Gasteiger partial charge < -0.3 is 19.1 Å². The number of nitrogens with zero attached hydrogens (tertiary/aromatic N) is 4. The zero-order valence-corrected chi connectivity index (χ0v) is 17.5. The molecule has 1 atom stereocenters. The maximum absolute atomic E-state index is 13.2. The molecule has 0 fully saturated rings. The van der Waals surface area contributed by atoms with Crippen molar-refractivity contribution in [1.82, 2.24) is 18.3 Å². The van der Waals surface area contributed by atoms with Crippen molar-refractivity contribution in [2.24, 2.45) is 28.2 Å². The molecule has 11 heteroatoms. The van der Waals surface area contributed by atoms with Gasteiger partial charge in [0.05, 0.1) is 18.6 Å². The predicted molar refractivity (Wildman–Crippen MR) is 107 cm³/mol. The topological polar surface area (TPSA) is 130 Å². The Bertz CT molecular complexity index is 1460. The van der Waals surface area contributed by atoms with E-state index in [2.05, 4.69) is 0 Å². The van der Waals surface area contributed by atoms with Crippen LogP contribution in [0.3, 0.4) is 0 Å². The Morgan fingerprint density at radius 1 is 0.871 bits per heavy atom. The summed E-state index contributed by atoms with van der Waals surface area (Å²) >= 11 is 0. The van der Waals surface area contributed by atoms with E-state index in [9.17, 15) is 24.3 Å². The normalized spacial score (nSPS) is 14.5. The third-order valence-electron chi connectivity index (χ3n) is 5.60. The molecule has 0 aliphatic carbocycles. The summed E-state index contributed by atoms with van der Waals surface area (Å²) in [6.07, 6.45) is 0. The highest BCUT2D eigenvalue weighted by Crippen LogP contribution is 2.49. The Balaban J connectivity index is 2.26. The van der Waals surface area contributed by atoms with Crippen LogP contribution >= 0.6 is 0 Å². The van der Waals surface area contributed by atoms with Crippen LogP contribution in [-0.2, 0) is 28.2 Å². The minimum Gasteiger partial charge on any atom is -0.860 e. The molecule has 0 bridgehead atoms. The van der Waals surface area contributed by atoms with Gasteiger partial charge in [-0.05, 0) is 11.9 Å². The average molecular weight is 427 g/mol. The number of hydrogen-bond acceptors (Lipinski definition) is 7. The van der Waals surface area contributed by atoms with Gasteiger partial charge in [0, 0.05) is 39.3 Å². The molecule has 31 heavy (non-hydrogen) atoms. The van der Waals surface area contributed by atoms with Gasteiger partial charge in [0.25, 0.3) is 11.1 Å². The maximum atomic E-state index is 13.2. The van der Waals surface area contributed by atoms with E-state index >= 15 is 0 Å². The van der Waals surface area contributed by atoms with Gasteiger partial charge in [-0.2, -0.15) is 0 Å². The van der Waals surface area contributed by atoms with Gasteiger partial charge in [0.1, 0.15) is 0 Å². The number of hydrogen-bond donors (Lipinski definition) is 0. The molecule has 3 aromatic rings. The molecule has 3 heterocycles.